The molecule has 3 heteroatoms. The summed E-state index contributed by atoms with van der Waals surface area (Å²) in [5.74, 6) is 3.13. The number of fused-ring (bicyclic) bond motifs is 6. The Hall–Kier alpha value is -1.12. The molecule has 148 valence electrons. The first-order chi connectivity index (χ1) is 12.8. The molecule has 3 nitrogen and oxygen atoms in total. The first-order valence-corrected chi connectivity index (χ1v) is 11.3. The summed E-state index contributed by atoms with van der Waals surface area (Å²) in [4.78, 5) is 24.2. The highest BCUT2D eigenvalue weighted by Gasteiger charge is 2.68. The van der Waals surface area contributed by atoms with Gasteiger partial charge in [-0.2, -0.15) is 0 Å². The smallest absolute Gasteiger partial charge is 0.306 e. The van der Waals surface area contributed by atoms with Gasteiger partial charge in [-0.15, -0.1) is 0 Å². The van der Waals surface area contributed by atoms with Crippen molar-refractivity contribution in [3.63, 3.8) is 0 Å². The topological polar surface area (TPSA) is 43.4 Å². The number of carbonyl (C=O) groups excluding carboxylic acids is 2. The normalized spacial score (nSPS) is 51.4. The van der Waals surface area contributed by atoms with Crippen molar-refractivity contribution in [2.75, 3.05) is 0 Å². The van der Waals surface area contributed by atoms with Gasteiger partial charge in [0, 0.05) is 18.3 Å². The average Bonchev–Trinajstić information content (AvgIpc) is 3.16. The van der Waals surface area contributed by atoms with Gasteiger partial charge >= 0.3 is 5.97 Å². The van der Waals surface area contributed by atoms with Gasteiger partial charge in [0.1, 0.15) is 5.60 Å². The number of carbonyl (C=O) groups is 2. The fourth-order valence-electron chi connectivity index (χ4n) is 8.42. The van der Waals surface area contributed by atoms with Crippen LogP contribution in [0.15, 0.2) is 11.6 Å². The van der Waals surface area contributed by atoms with E-state index in [2.05, 4.69) is 20.8 Å². The third-order valence-electron chi connectivity index (χ3n) is 9.99. The van der Waals surface area contributed by atoms with E-state index < -0.39 is 0 Å². The molecule has 4 aliphatic carbocycles. The maximum atomic E-state index is 12.1. The second kappa shape index (κ2) is 5.70. The molecule has 27 heavy (non-hydrogen) atoms. The molecule has 6 unspecified atom stereocenters. The summed E-state index contributed by atoms with van der Waals surface area (Å²) in [6, 6.07) is 0. The third kappa shape index (κ3) is 2.20. The summed E-state index contributed by atoms with van der Waals surface area (Å²) in [7, 11) is 0. The quantitative estimate of drug-likeness (QED) is 0.594. The van der Waals surface area contributed by atoms with Crippen molar-refractivity contribution in [2.45, 2.75) is 90.6 Å². The second-order valence-corrected chi connectivity index (χ2v) is 10.7. The minimum Gasteiger partial charge on any atom is -0.458 e. The largest absolute Gasteiger partial charge is 0.458 e. The van der Waals surface area contributed by atoms with Gasteiger partial charge < -0.3 is 4.74 Å². The zero-order valence-electron chi connectivity index (χ0n) is 17.2. The Morgan fingerprint density at radius 2 is 1.81 bits per heavy atom. The molecular weight excluding hydrogens is 336 g/mol. The number of hydrogen-bond donors (Lipinski definition) is 0. The first-order valence-electron chi connectivity index (χ1n) is 11.3. The van der Waals surface area contributed by atoms with Crippen molar-refractivity contribution in [1.29, 1.82) is 0 Å². The summed E-state index contributed by atoms with van der Waals surface area (Å²) >= 11 is 0. The molecular formula is C24H34O3. The number of ketones is 1. The van der Waals surface area contributed by atoms with E-state index in [1.54, 1.807) is 0 Å². The zero-order valence-corrected chi connectivity index (χ0v) is 17.2. The first kappa shape index (κ1) is 17.9. The van der Waals surface area contributed by atoms with Crippen LogP contribution >= 0.6 is 0 Å². The molecule has 3 saturated carbocycles. The van der Waals surface area contributed by atoms with Gasteiger partial charge in [0.2, 0.25) is 0 Å². The molecule has 4 fully saturated rings. The van der Waals surface area contributed by atoms with E-state index in [1.807, 2.05) is 6.08 Å². The Kier molecular flexibility index (Phi) is 3.79. The van der Waals surface area contributed by atoms with Crippen LogP contribution in [0.3, 0.4) is 0 Å². The van der Waals surface area contributed by atoms with Crippen molar-refractivity contribution in [3.05, 3.63) is 11.6 Å². The fourth-order valence-corrected chi connectivity index (χ4v) is 8.42. The minimum atomic E-state index is -0.183. The monoisotopic (exact) mass is 370 g/mol. The molecule has 1 saturated heterocycles. The number of esters is 1. The molecule has 0 N–H and O–H groups in total. The van der Waals surface area contributed by atoms with Crippen LogP contribution in [-0.2, 0) is 14.3 Å². The lowest BCUT2D eigenvalue weighted by atomic mass is 9.44. The number of allylic oxidation sites excluding steroid dienone is 1. The second-order valence-electron chi connectivity index (χ2n) is 10.7. The van der Waals surface area contributed by atoms with Gasteiger partial charge in [0.25, 0.3) is 0 Å². The SMILES string of the molecule is CCC1CC2=CC(=O)CCC2(C)C2CCC3(C)C(CC[C@@]34CCC(=O)O4)C12. The number of hydrogen-bond acceptors (Lipinski definition) is 3. The highest BCUT2D eigenvalue weighted by Crippen LogP contribution is 2.70. The van der Waals surface area contributed by atoms with Gasteiger partial charge in [0.05, 0.1) is 0 Å². The van der Waals surface area contributed by atoms with Crippen molar-refractivity contribution < 1.29 is 14.3 Å². The lowest BCUT2D eigenvalue weighted by Crippen LogP contribution is -2.56. The van der Waals surface area contributed by atoms with E-state index in [1.165, 1.54) is 31.3 Å². The molecule has 0 aromatic heterocycles. The van der Waals surface area contributed by atoms with E-state index in [-0.39, 0.29) is 22.4 Å². The van der Waals surface area contributed by atoms with Gasteiger partial charge in [-0.3, -0.25) is 9.59 Å². The molecule has 1 heterocycles. The van der Waals surface area contributed by atoms with Crippen molar-refractivity contribution in [3.8, 4) is 0 Å². The maximum absolute atomic E-state index is 12.1. The Labute approximate surface area is 163 Å². The Morgan fingerprint density at radius 3 is 2.52 bits per heavy atom. The molecule has 0 amide bonds. The van der Waals surface area contributed by atoms with Crippen LogP contribution in [0, 0.1) is 34.5 Å². The predicted molar refractivity (Wildman–Crippen MR) is 104 cm³/mol. The van der Waals surface area contributed by atoms with Gasteiger partial charge in [0.15, 0.2) is 5.78 Å². The van der Waals surface area contributed by atoms with Crippen LogP contribution in [0.5, 0.6) is 0 Å². The standard InChI is InChI=1S/C24H34O3/c1-4-15-13-16-14-17(25)5-9-22(16,2)18-6-10-23(3)19(21(15)18)7-11-24(23)12-8-20(26)27-24/h14-15,18-19,21H,4-13H2,1-3H3/t15?,18?,19?,21?,22?,23?,24-/m1/s1. The van der Waals surface area contributed by atoms with E-state index in [4.69, 9.17) is 4.74 Å². The minimum absolute atomic E-state index is 0.0256. The van der Waals surface area contributed by atoms with Gasteiger partial charge in [-0.25, -0.2) is 0 Å². The summed E-state index contributed by atoms with van der Waals surface area (Å²) in [5, 5.41) is 0. The van der Waals surface area contributed by atoms with E-state index >= 15 is 0 Å². The van der Waals surface area contributed by atoms with Gasteiger partial charge in [-0.05, 0) is 80.1 Å². The molecule has 0 aromatic rings. The van der Waals surface area contributed by atoms with Gasteiger partial charge in [-0.1, -0.05) is 32.8 Å². The third-order valence-corrected chi connectivity index (χ3v) is 9.99. The average molecular weight is 371 g/mol. The number of ether oxygens (including phenoxy) is 1. The Morgan fingerprint density at radius 1 is 1.04 bits per heavy atom. The summed E-state index contributed by atoms with van der Waals surface area (Å²) < 4.78 is 6.08. The van der Waals surface area contributed by atoms with Crippen LogP contribution in [0.2, 0.25) is 0 Å². The van der Waals surface area contributed by atoms with E-state index in [9.17, 15) is 9.59 Å². The van der Waals surface area contributed by atoms with Crippen molar-refractivity contribution in [2.24, 2.45) is 34.5 Å². The van der Waals surface area contributed by atoms with E-state index in [0.29, 0.717) is 30.0 Å². The molecule has 5 rings (SSSR count). The van der Waals surface area contributed by atoms with Crippen molar-refractivity contribution in [1.82, 2.24) is 0 Å². The molecule has 0 aromatic carbocycles. The molecule has 0 radical (unpaired) electrons. The highest BCUT2D eigenvalue weighted by molar-refractivity contribution is 5.91. The van der Waals surface area contributed by atoms with Crippen LogP contribution in [0.1, 0.15) is 85.0 Å². The highest BCUT2D eigenvalue weighted by atomic mass is 16.6. The fraction of sp³-hybridized carbons (Fsp3) is 0.833. The van der Waals surface area contributed by atoms with Crippen molar-refractivity contribution >= 4 is 11.8 Å². The van der Waals surface area contributed by atoms with Crippen LogP contribution in [0.25, 0.3) is 0 Å². The van der Waals surface area contributed by atoms with Crippen LogP contribution < -0.4 is 0 Å². The summed E-state index contributed by atoms with van der Waals surface area (Å²) in [5.41, 5.74) is 1.64. The zero-order chi connectivity index (χ0) is 19.0. The summed E-state index contributed by atoms with van der Waals surface area (Å²) in [6.07, 6.45) is 12.3. The van der Waals surface area contributed by atoms with Crippen LogP contribution in [-0.4, -0.2) is 17.4 Å². The lowest BCUT2D eigenvalue weighted by molar-refractivity contribution is -0.171. The molecule has 5 aliphatic rings. The molecule has 1 spiro atoms. The lowest BCUT2D eigenvalue weighted by Gasteiger charge is -2.61. The summed E-state index contributed by atoms with van der Waals surface area (Å²) in [6.45, 7) is 7.24. The number of rotatable bonds is 1. The predicted octanol–water partition coefficient (Wildman–Crippen LogP) is 5.23. The van der Waals surface area contributed by atoms with E-state index in [0.717, 1.165) is 38.0 Å². The molecule has 1 aliphatic heterocycles. The molecule has 7 atom stereocenters. The van der Waals surface area contributed by atoms with Crippen LogP contribution in [0.4, 0.5) is 0 Å². The Balaban J connectivity index is 1.54. The molecule has 0 bridgehead atoms. The maximum Gasteiger partial charge on any atom is 0.306 e. The Bertz CT molecular complexity index is 723.